The molecule has 1 aromatic carbocycles. The van der Waals surface area contributed by atoms with Gasteiger partial charge in [0.15, 0.2) is 0 Å². The zero-order valence-corrected chi connectivity index (χ0v) is 15.3. The molecule has 1 aromatic heterocycles. The van der Waals surface area contributed by atoms with Crippen LogP contribution in [-0.2, 0) is 17.6 Å². The summed E-state index contributed by atoms with van der Waals surface area (Å²) in [5, 5.41) is 0.563. The van der Waals surface area contributed by atoms with Crippen molar-refractivity contribution in [3.8, 4) is 5.75 Å². The molecule has 0 aliphatic rings. The normalized spacial score (nSPS) is 12.4. The maximum absolute atomic E-state index is 12.3. The number of aryl methyl sites for hydroxylation is 1. The number of fused-ring (bicyclic) bond motifs is 1. The van der Waals surface area contributed by atoms with Crippen molar-refractivity contribution in [2.24, 2.45) is 0 Å². The summed E-state index contributed by atoms with van der Waals surface area (Å²) in [6.45, 7) is 3.77. The molecule has 0 radical (unpaired) electrons. The Balaban J connectivity index is 0.00000220. The molecule has 4 nitrogen and oxygen atoms in total. The van der Waals surface area contributed by atoms with Crippen LogP contribution in [0.2, 0.25) is 0 Å². The largest absolute Gasteiger partial charge is 1.00 e. The maximum Gasteiger partial charge on any atom is 1.00 e. The van der Waals surface area contributed by atoms with Crippen LogP contribution in [0.5, 0.6) is 5.75 Å². The molecule has 1 unspecified atom stereocenters. The molecule has 0 fully saturated rings. The second-order valence-electron chi connectivity index (χ2n) is 4.78. The van der Waals surface area contributed by atoms with E-state index in [-0.39, 0.29) is 40.6 Å². The Kier molecular flexibility index (Phi) is 7.36. The van der Waals surface area contributed by atoms with Crippen LogP contribution in [0.15, 0.2) is 29.3 Å². The number of alkyl halides is 1. The molecular weight excluding hydrogens is 304 g/mol. The van der Waals surface area contributed by atoms with E-state index in [0.29, 0.717) is 24.1 Å². The first-order valence-electron chi connectivity index (χ1n) is 6.48. The van der Waals surface area contributed by atoms with Crippen molar-refractivity contribution in [3.05, 3.63) is 24.4 Å². The summed E-state index contributed by atoms with van der Waals surface area (Å²) >= 11 is -2.36. The predicted molar refractivity (Wildman–Crippen MR) is 75.5 cm³/mol. The molecule has 0 spiro atoms. The number of aromatic nitrogens is 1. The average Bonchev–Trinajstić information content (AvgIpc) is 2.76. The number of rotatable bonds is 6. The first-order valence-corrected chi connectivity index (χ1v) is 7.55. The third kappa shape index (κ3) is 4.29. The number of ether oxygens (including phenoxy) is 1. The van der Waals surface area contributed by atoms with Crippen LogP contribution in [0.25, 0.3) is 10.9 Å². The van der Waals surface area contributed by atoms with Gasteiger partial charge in [0.25, 0.3) is 0 Å². The quantitative estimate of drug-likeness (QED) is 0.557. The summed E-state index contributed by atoms with van der Waals surface area (Å²) in [4.78, 5) is 0.190. The SMILES string of the molecule is CC(C)Oc1cccc2c1c(S(=O)[O-])cn2CCCF.[Na+]. The van der Waals surface area contributed by atoms with Crippen molar-refractivity contribution in [3.63, 3.8) is 0 Å². The number of halogens is 1. The summed E-state index contributed by atoms with van der Waals surface area (Å²) in [5.41, 5.74) is 0.746. The Labute approximate surface area is 148 Å². The molecule has 0 N–H and O–H groups in total. The Hall–Kier alpha value is -0.400. The van der Waals surface area contributed by atoms with E-state index in [9.17, 15) is 13.2 Å². The third-order valence-electron chi connectivity index (χ3n) is 2.91. The van der Waals surface area contributed by atoms with Gasteiger partial charge in [-0.05, 0) is 43.5 Å². The van der Waals surface area contributed by atoms with Crippen molar-refractivity contribution < 1.29 is 47.4 Å². The first-order chi connectivity index (χ1) is 9.54. The molecule has 0 bridgehead atoms. The standard InChI is InChI=1S/C14H18FNO3S.Na/c1-10(2)19-12-6-3-5-11-14(12)13(20(17)18)9-16(11)8-4-7-15;/h3,5-6,9-10H,4,7-8H2,1-2H3,(H,17,18);/q;+1/p-1. The van der Waals surface area contributed by atoms with E-state index in [1.54, 1.807) is 10.6 Å². The Morgan fingerprint density at radius 2 is 2.14 bits per heavy atom. The molecule has 2 aromatic rings. The van der Waals surface area contributed by atoms with E-state index >= 15 is 0 Å². The Morgan fingerprint density at radius 3 is 2.71 bits per heavy atom. The zero-order chi connectivity index (χ0) is 14.7. The second-order valence-corrected chi connectivity index (χ2v) is 5.69. The summed E-state index contributed by atoms with van der Waals surface area (Å²) in [7, 11) is 0. The van der Waals surface area contributed by atoms with E-state index in [2.05, 4.69) is 0 Å². The van der Waals surface area contributed by atoms with Crippen LogP contribution in [0, 0.1) is 0 Å². The number of nitrogens with zero attached hydrogens (tertiary/aromatic N) is 1. The fourth-order valence-corrected chi connectivity index (χ4v) is 2.76. The molecule has 0 aliphatic heterocycles. The molecule has 0 saturated heterocycles. The van der Waals surface area contributed by atoms with Gasteiger partial charge in [0, 0.05) is 12.7 Å². The van der Waals surface area contributed by atoms with Gasteiger partial charge in [-0.3, -0.25) is 8.60 Å². The van der Waals surface area contributed by atoms with E-state index in [0.717, 1.165) is 5.52 Å². The van der Waals surface area contributed by atoms with Gasteiger partial charge in [-0.2, -0.15) is 0 Å². The van der Waals surface area contributed by atoms with Gasteiger partial charge in [0.2, 0.25) is 0 Å². The summed E-state index contributed by atoms with van der Waals surface area (Å²) in [5.74, 6) is 0.538. The van der Waals surface area contributed by atoms with Crippen molar-refractivity contribution in [2.75, 3.05) is 6.67 Å². The topological polar surface area (TPSA) is 54.3 Å². The summed E-state index contributed by atoms with van der Waals surface area (Å²) < 4.78 is 42.6. The minimum Gasteiger partial charge on any atom is -0.768 e. The maximum atomic E-state index is 12.3. The fourth-order valence-electron chi connectivity index (χ4n) is 2.18. The number of hydrogen-bond donors (Lipinski definition) is 0. The van der Waals surface area contributed by atoms with E-state index in [1.807, 2.05) is 26.0 Å². The van der Waals surface area contributed by atoms with E-state index in [1.165, 1.54) is 6.20 Å². The van der Waals surface area contributed by atoms with Crippen LogP contribution in [0.1, 0.15) is 20.3 Å². The molecule has 21 heavy (non-hydrogen) atoms. The average molecular weight is 321 g/mol. The molecular formula is C14H17FNNaO3S. The molecule has 1 heterocycles. The van der Waals surface area contributed by atoms with Gasteiger partial charge in [-0.1, -0.05) is 6.07 Å². The fraction of sp³-hybridized carbons (Fsp3) is 0.429. The van der Waals surface area contributed by atoms with Crippen molar-refractivity contribution in [1.82, 2.24) is 4.57 Å². The van der Waals surface area contributed by atoms with Gasteiger partial charge in [0.05, 0.1) is 28.6 Å². The van der Waals surface area contributed by atoms with Gasteiger partial charge >= 0.3 is 29.6 Å². The van der Waals surface area contributed by atoms with Crippen LogP contribution >= 0.6 is 0 Å². The minimum absolute atomic E-state index is 0. The van der Waals surface area contributed by atoms with Crippen LogP contribution < -0.4 is 34.3 Å². The monoisotopic (exact) mass is 321 g/mol. The molecule has 0 aliphatic carbocycles. The molecule has 1 atom stereocenters. The van der Waals surface area contributed by atoms with Crippen LogP contribution in [-0.4, -0.2) is 26.1 Å². The van der Waals surface area contributed by atoms with Crippen molar-refractivity contribution in [2.45, 2.75) is 37.8 Å². The molecule has 0 amide bonds. The minimum atomic E-state index is -2.36. The van der Waals surface area contributed by atoms with Gasteiger partial charge in [-0.15, -0.1) is 0 Å². The summed E-state index contributed by atoms with van der Waals surface area (Å²) in [6.07, 6.45) is 1.84. The van der Waals surface area contributed by atoms with E-state index in [4.69, 9.17) is 4.74 Å². The smallest absolute Gasteiger partial charge is 0.768 e. The van der Waals surface area contributed by atoms with Crippen LogP contribution in [0.4, 0.5) is 4.39 Å². The molecule has 2 rings (SSSR count). The second kappa shape index (κ2) is 8.29. The number of hydrogen-bond acceptors (Lipinski definition) is 3. The third-order valence-corrected chi connectivity index (χ3v) is 3.58. The van der Waals surface area contributed by atoms with Crippen molar-refractivity contribution in [1.29, 1.82) is 0 Å². The molecule has 7 heteroatoms. The molecule has 0 saturated carbocycles. The summed E-state index contributed by atoms with van der Waals surface area (Å²) in [6, 6.07) is 5.37. The van der Waals surface area contributed by atoms with Gasteiger partial charge < -0.3 is 13.9 Å². The number of benzene rings is 1. The zero-order valence-electron chi connectivity index (χ0n) is 12.5. The van der Waals surface area contributed by atoms with Gasteiger partial charge in [0.1, 0.15) is 5.75 Å². The Morgan fingerprint density at radius 1 is 1.43 bits per heavy atom. The Bertz CT molecular complexity index is 630. The first kappa shape index (κ1) is 18.6. The van der Waals surface area contributed by atoms with Crippen LogP contribution in [0.3, 0.4) is 0 Å². The predicted octanol–water partition coefficient (Wildman–Crippen LogP) is 0.0301. The van der Waals surface area contributed by atoms with Crippen molar-refractivity contribution >= 4 is 22.0 Å². The van der Waals surface area contributed by atoms with E-state index < -0.39 is 17.8 Å². The van der Waals surface area contributed by atoms with Gasteiger partial charge in [-0.25, -0.2) is 0 Å². The molecule has 110 valence electrons.